The predicted molar refractivity (Wildman–Crippen MR) is 87.0 cm³/mol. The van der Waals surface area contributed by atoms with Gasteiger partial charge in [-0.05, 0) is 24.2 Å². The Balaban J connectivity index is 1.77. The number of piperazine rings is 1. The molecule has 1 aliphatic heterocycles. The molecule has 0 N–H and O–H groups in total. The van der Waals surface area contributed by atoms with Crippen LogP contribution in [0.25, 0.3) is 0 Å². The van der Waals surface area contributed by atoms with Crippen molar-refractivity contribution in [1.29, 1.82) is 0 Å². The van der Waals surface area contributed by atoms with E-state index in [1.165, 1.54) is 76.7 Å². The first-order valence-corrected chi connectivity index (χ1v) is 9.26. The lowest BCUT2D eigenvalue weighted by molar-refractivity contribution is 0.0710. The van der Waals surface area contributed by atoms with Gasteiger partial charge in [0.05, 0.1) is 0 Å². The summed E-state index contributed by atoms with van der Waals surface area (Å²) < 4.78 is 0. The Kier molecular flexibility index (Phi) is 6.16. The van der Waals surface area contributed by atoms with Crippen molar-refractivity contribution in [2.24, 2.45) is 11.3 Å². The van der Waals surface area contributed by atoms with Gasteiger partial charge in [-0.15, -0.1) is 0 Å². The van der Waals surface area contributed by atoms with Crippen LogP contribution in [0.5, 0.6) is 0 Å². The topological polar surface area (TPSA) is 6.48 Å². The van der Waals surface area contributed by atoms with Crippen molar-refractivity contribution in [1.82, 2.24) is 9.80 Å². The lowest BCUT2D eigenvalue weighted by atomic mass is 9.75. The normalized spacial score (nSPS) is 25.9. The summed E-state index contributed by atoms with van der Waals surface area (Å²) in [5, 5.41) is 1.20. The van der Waals surface area contributed by atoms with Crippen LogP contribution >= 0.6 is 15.9 Å². The van der Waals surface area contributed by atoms with Gasteiger partial charge in [0, 0.05) is 44.6 Å². The van der Waals surface area contributed by atoms with Crippen molar-refractivity contribution in [3.05, 3.63) is 0 Å². The summed E-state index contributed by atoms with van der Waals surface area (Å²) in [4.78, 5) is 5.37. The molecule has 0 atom stereocenters. The Hall–Kier alpha value is 0.400. The molecule has 2 aliphatic rings. The van der Waals surface area contributed by atoms with Crippen molar-refractivity contribution in [2.45, 2.75) is 46.0 Å². The molecule has 0 aromatic carbocycles. The van der Waals surface area contributed by atoms with E-state index in [0.29, 0.717) is 5.41 Å². The van der Waals surface area contributed by atoms with E-state index >= 15 is 0 Å². The van der Waals surface area contributed by atoms with Gasteiger partial charge in [-0.1, -0.05) is 49.0 Å². The monoisotopic (exact) mass is 330 g/mol. The van der Waals surface area contributed by atoms with Gasteiger partial charge in [0.15, 0.2) is 0 Å². The number of nitrogens with zero attached hydrogens (tertiary/aromatic N) is 2. The molecule has 0 aromatic rings. The first kappa shape index (κ1) is 15.8. The summed E-state index contributed by atoms with van der Waals surface area (Å²) in [6, 6.07) is 0. The SMILES string of the molecule is CC(C)CN1CCN(CC2(CBr)CCCCC2)CC1. The molecule has 0 unspecified atom stereocenters. The zero-order valence-electron chi connectivity index (χ0n) is 12.8. The molecular formula is C16H31BrN2. The molecule has 3 heteroatoms. The average Bonchev–Trinajstić information content (AvgIpc) is 2.41. The summed E-state index contributed by atoms with van der Waals surface area (Å²) in [6.07, 6.45) is 7.21. The average molecular weight is 331 g/mol. The maximum atomic E-state index is 3.80. The highest BCUT2D eigenvalue weighted by Gasteiger charge is 2.33. The van der Waals surface area contributed by atoms with Crippen LogP contribution in [0.4, 0.5) is 0 Å². The van der Waals surface area contributed by atoms with E-state index in [1.54, 1.807) is 0 Å². The highest BCUT2D eigenvalue weighted by molar-refractivity contribution is 9.09. The van der Waals surface area contributed by atoms with Crippen molar-refractivity contribution in [2.75, 3.05) is 44.6 Å². The molecule has 1 saturated heterocycles. The number of hydrogen-bond acceptors (Lipinski definition) is 2. The second-order valence-corrected chi connectivity index (χ2v) is 7.73. The first-order chi connectivity index (χ1) is 9.13. The summed E-state index contributed by atoms with van der Waals surface area (Å²) in [7, 11) is 0. The van der Waals surface area contributed by atoms with Gasteiger partial charge < -0.3 is 9.80 Å². The zero-order chi connectivity index (χ0) is 13.7. The van der Waals surface area contributed by atoms with Crippen LogP contribution in [0.3, 0.4) is 0 Å². The first-order valence-electron chi connectivity index (χ1n) is 8.14. The van der Waals surface area contributed by atoms with Gasteiger partial charge in [-0.25, -0.2) is 0 Å². The maximum absolute atomic E-state index is 3.80. The molecule has 0 spiro atoms. The van der Waals surface area contributed by atoms with Gasteiger partial charge in [0.25, 0.3) is 0 Å². The largest absolute Gasteiger partial charge is 0.301 e. The van der Waals surface area contributed by atoms with Crippen molar-refractivity contribution in [3.8, 4) is 0 Å². The molecule has 0 aromatic heterocycles. The Labute approximate surface area is 128 Å². The highest BCUT2D eigenvalue weighted by atomic mass is 79.9. The molecule has 0 amide bonds. The van der Waals surface area contributed by atoms with E-state index in [1.807, 2.05) is 0 Å². The third-order valence-corrected chi connectivity index (χ3v) is 6.03. The molecule has 0 bridgehead atoms. The molecule has 2 fully saturated rings. The summed E-state index contributed by atoms with van der Waals surface area (Å²) in [6.45, 7) is 12.4. The Morgan fingerprint density at radius 2 is 1.53 bits per heavy atom. The van der Waals surface area contributed by atoms with Gasteiger partial charge in [-0.2, -0.15) is 0 Å². The van der Waals surface area contributed by atoms with Gasteiger partial charge >= 0.3 is 0 Å². The van der Waals surface area contributed by atoms with Crippen LogP contribution in [0.15, 0.2) is 0 Å². The van der Waals surface area contributed by atoms with E-state index in [-0.39, 0.29) is 0 Å². The second kappa shape index (κ2) is 7.42. The minimum absolute atomic E-state index is 0.582. The summed E-state index contributed by atoms with van der Waals surface area (Å²) in [5.74, 6) is 0.804. The minimum atomic E-state index is 0.582. The van der Waals surface area contributed by atoms with Crippen molar-refractivity contribution >= 4 is 15.9 Å². The molecule has 0 radical (unpaired) electrons. The number of alkyl halides is 1. The lowest BCUT2D eigenvalue weighted by Crippen LogP contribution is -2.51. The standard InChI is InChI=1S/C16H31BrN2/c1-15(2)12-18-8-10-19(11-9-18)14-16(13-17)6-4-3-5-7-16/h15H,3-14H2,1-2H3. The molecular weight excluding hydrogens is 300 g/mol. The van der Waals surface area contributed by atoms with E-state index in [4.69, 9.17) is 0 Å². The predicted octanol–water partition coefficient (Wildman–Crippen LogP) is 3.61. The van der Waals surface area contributed by atoms with E-state index in [2.05, 4.69) is 39.6 Å². The fourth-order valence-electron chi connectivity index (χ4n) is 3.76. The van der Waals surface area contributed by atoms with Crippen LogP contribution in [-0.4, -0.2) is 54.4 Å². The quantitative estimate of drug-likeness (QED) is 0.710. The molecule has 112 valence electrons. The molecule has 2 rings (SSSR count). The van der Waals surface area contributed by atoms with Crippen molar-refractivity contribution < 1.29 is 0 Å². The molecule has 1 heterocycles. The van der Waals surface area contributed by atoms with Crippen LogP contribution in [0, 0.1) is 11.3 Å². The number of hydrogen-bond donors (Lipinski definition) is 0. The second-order valence-electron chi connectivity index (χ2n) is 7.16. The minimum Gasteiger partial charge on any atom is -0.301 e. The zero-order valence-corrected chi connectivity index (χ0v) is 14.4. The van der Waals surface area contributed by atoms with Gasteiger partial charge in [-0.3, -0.25) is 0 Å². The number of rotatable bonds is 5. The molecule has 19 heavy (non-hydrogen) atoms. The van der Waals surface area contributed by atoms with Gasteiger partial charge in [0.1, 0.15) is 0 Å². The highest BCUT2D eigenvalue weighted by Crippen LogP contribution is 2.38. The Bertz CT molecular complexity index is 253. The lowest BCUT2D eigenvalue weighted by Gasteiger charge is -2.43. The maximum Gasteiger partial charge on any atom is 0.0110 e. The molecule has 1 aliphatic carbocycles. The molecule has 2 nitrogen and oxygen atoms in total. The fourth-order valence-corrected chi connectivity index (χ4v) is 4.49. The van der Waals surface area contributed by atoms with E-state index in [0.717, 1.165) is 5.92 Å². The van der Waals surface area contributed by atoms with Gasteiger partial charge in [0.2, 0.25) is 0 Å². The molecule has 1 saturated carbocycles. The smallest absolute Gasteiger partial charge is 0.0110 e. The third-order valence-electron chi connectivity index (χ3n) is 4.84. The summed E-state index contributed by atoms with van der Waals surface area (Å²) >= 11 is 3.80. The fraction of sp³-hybridized carbons (Fsp3) is 1.00. The van der Waals surface area contributed by atoms with Crippen molar-refractivity contribution in [3.63, 3.8) is 0 Å². The van der Waals surface area contributed by atoms with E-state index < -0.39 is 0 Å². The van der Waals surface area contributed by atoms with Crippen LogP contribution < -0.4 is 0 Å². The number of halogens is 1. The van der Waals surface area contributed by atoms with Crippen LogP contribution in [-0.2, 0) is 0 Å². The summed E-state index contributed by atoms with van der Waals surface area (Å²) in [5.41, 5.74) is 0.582. The van der Waals surface area contributed by atoms with E-state index in [9.17, 15) is 0 Å². The Morgan fingerprint density at radius 1 is 0.947 bits per heavy atom. The van der Waals surface area contributed by atoms with Crippen LogP contribution in [0.1, 0.15) is 46.0 Å². The Morgan fingerprint density at radius 3 is 2.05 bits per heavy atom. The van der Waals surface area contributed by atoms with Crippen LogP contribution in [0.2, 0.25) is 0 Å². The third kappa shape index (κ3) is 4.71.